The molecule has 4 atom stereocenters. The van der Waals surface area contributed by atoms with Crippen LogP contribution in [0.3, 0.4) is 0 Å². The summed E-state index contributed by atoms with van der Waals surface area (Å²) in [5, 5.41) is 0. The lowest BCUT2D eigenvalue weighted by molar-refractivity contribution is -0.00778. The summed E-state index contributed by atoms with van der Waals surface area (Å²) in [5.74, 6) is 5.35. The van der Waals surface area contributed by atoms with Gasteiger partial charge >= 0.3 is 14.2 Å². The van der Waals surface area contributed by atoms with Crippen molar-refractivity contribution in [1.82, 2.24) is 14.2 Å². The molecule has 0 aliphatic carbocycles. The minimum absolute atomic E-state index is 0.0452. The summed E-state index contributed by atoms with van der Waals surface area (Å²) in [6.07, 6.45) is 1.41. The van der Waals surface area contributed by atoms with Crippen LogP contribution in [-0.4, -0.2) is 51.5 Å². The first kappa shape index (κ1) is 23.7. The van der Waals surface area contributed by atoms with Crippen molar-refractivity contribution in [3.63, 3.8) is 0 Å². The van der Waals surface area contributed by atoms with Crippen LogP contribution in [0.2, 0.25) is 0 Å². The minimum atomic E-state index is -1.52. The number of hydrogen-bond donors (Lipinski definition) is 1. The van der Waals surface area contributed by atoms with Crippen LogP contribution in [0, 0.1) is 11.8 Å². The van der Waals surface area contributed by atoms with Crippen LogP contribution in [-0.2, 0) is 13.8 Å². The van der Waals surface area contributed by atoms with Crippen LogP contribution < -0.4 is 11.2 Å². The molecule has 1 aliphatic heterocycles. The van der Waals surface area contributed by atoms with Crippen LogP contribution in [0.5, 0.6) is 0 Å². The molecule has 1 N–H and O–H groups in total. The van der Waals surface area contributed by atoms with E-state index in [0.717, 1.165) is 0 Å². The molecule has 10 heteroatoms. The molecule has 1 aliphatic rings. The van der Waals surface area contributed by atoms with Crippen LogP contribution in [0.4, 0.5) is 0 Å². The molecule has 0 saturated carbocycles. The highest BCUT2D eigenvalue weighted by molar-refractivity contribution is 7.45. The van der Waals surface area contributed by atoms with Crippen molar-refractivity contribution in [2.45, 2.75) is 85.4 Å². The van der Waals surface area contributed by atoms with Crippen molar-refractivity contribution in [2.24, 2.45) is 4.99 Å². The first-order chi connectivity index (χ1) is 15.2. The Morgan fingerprint density at radius 1 is 1.45 bits per heavy atom. The van der Waals surface area contributed by atoms with E-state index in [0.29, 0.717) is 13.0 Å². The SMILES string of the molecule is [2H]CC1OC(n2cc(C#CC)c(=O)[nH]c2=O)C[C@H]1OP(O/C=N/CC)N(C(C)C)C(C)C. The standard InChI is InChI=1S/C21H33N4O5P/c1-8-10-17-12-24(21(27)23-20(17)26)19-11-18(16(7)29-19)30-31(28-13-22-9-2)25(14(3)4)15(5)6/h12-16,18-19H,9,11H2,1-7H3,(H,23,26,27)/b22-13+/t16?,18-,19?,31?/m1/s1/i7D. The molecule has 31 heavy (non-hydrogen) atoms. The van der Waals surface area contributed by atoms with Crippen molar-refractivity contribution in [1.29, 1.82) is 0 Å². The van der Waals surface area contributed by atoms with Gasteiger partial charge in [-0.15, -0.1) is 5.92 Å². The van der Waals surface area contributed by atoms with Gasteiger partial charge in [0.15, 0.2) is 6.40 Å². The number of rotatable bonds is 9. The molecule has 3 unspecified atom stereocenters. The van der Waals surface area contributed by atoms with Gasteiger partial charge in [0.1, 0.15) is 11.8 Å². The number of aromatic nitrogens is 2. The Labute approximate surface area is 186 Å². The second-order valence-electron chi connectivity index (χ2n) is 7.61. The lowest BCUT2D eigenvalue weighted by Gasteiger charge is -2.36. The number of hydrogen-bond acceptors (Lipinski definition) is 7. The average molecular weight is 453 g/mol. The summed E-state index contributed by atoms with van der Waals surface area (Å²) in [7, 11) is -1.52. The fourth-order valence-electron chi connectivity index (χ4n) is 3.28. The van der Waals surface area contributed by atoms with Crippen molar-refractivity contribution in [3.8, 4) is 11.8 Å². The van der Waals surface area contributed by atoms with Crippen LogP contribution in [0.1, 0.15) is 68.0 Å². The van der Waals surface area contributed by atoms with E-state index in [4.69, 9.17) is 15.2 Å². The van der Waals surface area contributed by atoms with Gasteiger partial charge in [-0.3, -0.25) is 19.3 Å². The van der Waals surface area contributed by atoms with Gasteiger partial charge in [-0.2, -0.15) is 0 Å². The summed E-state index contributed by atoms with van der Waals surface area (Å²) in [4.78, 5) is 30.8. The van der Waals surface area contributed by atoms with Gasteiger partial charge in [0, 0.05) is 32.6 Å². The van der Waals surface area contributed by atoms with Gasteiger partial charge in [-0.05, 0) is 48.4 Å². The summed E-state index contributed by atoms with van der Waals surface area (Å²) in [6.45, 7) is 12.3. The Kier molecular flexibility index (Phi) is 8.85. The molecule has 2 heterocycles. The number of aliphatic imine (C=N–C) groups is 1. The maximum atomic E-state index is 12.4. The van der Waals surface area contributed by atoms with Crippen LogP contribution in [0.15, 0.2) is 20.8 Å². The maximum Gasteiger partial charge on any atom is 0.330 e. The summed E-state index contributed by atoms with van der Waals surface area (Å²) in [6, 6.07) is 0.307. The zero-order chi connectivity index (χ0) is 23.8. The Balaban J connectivity index is 2.31. The van der Waals surface area contributed by atoms with Crippen LogP contribution in [0.25, 0.3) is 0 Å². The monoisotopic (exact) mass is 453 g/mol. The van der Waals surface area contributed by atoms with E-state index in [9.17, 15) is 9.59 Å². The second kappa shape index (κ2) is 11.6. The van der Waals surface area contributed by atoms with Gasteiger partial charge in [-0.1, -0.05) is 5.92 Å². The zero-order valence-electron chi connectivity index (χ0n) is 20.0. The first-order valence-corrected chi connectivity index (χ1v) is 11.5. The van der Waals surface area contributed by atoms with Gasteiger partial charge in [0.25, 0.3) is 5.56 Å². The smallest absolute Gasteiger partial charge is 0.330 e. The number of nitrogens with zero attached hydrogens (tertiary/aromatic N) is 3. The number of aromatic amines is 1. The number of H-pyrrole nitrogens is 1. The Hall–Kier alpha value is -1.98. The van der Waals surface area contributed by atoms with E-state index in [1.54, 1.807) is 6.92 Å². The third-order valence-corrected chi connectivity index (χ3v) is 6.61. The highest BCUT2D eigenvalue weighted by Crippen LogP contribution is 2.49. The molecule has 0 bridgehead atoms. The predicted octanol–water partition coefficient (Wildman–Crippen LogP) is 3.01. The summed E-state index contributed by atoms with van der Waals surface area (Å²) in [5.41, 5.74) is -0.958. The van der Waals surface area contributed by atoms with Crippen molar-refractivity contribution in [2.75, 3.05) is 6.54 Å². The molecule has 1 saturated heterocycles. The minimum Gasteiger partial charge on any atom is -0.425 e. The zero-order valence-corrected chi connectivity index (χ0v) is 19.9. The lowest BCUT2D eigenvalue weighted by Crippen LogP contribution is -2.35. The fraction of sp³-hybridized carbons (Fsp3) is 0.667. The third kappa shape index (κ3) is 6.50. The molecule has 0 aromatic carbocycles. The lowest BCUT2D eigenvalue weighted by atomic mass is 10.2. The molecule has 1 aromatic heterocycles. The predicted molar refractivity (Wildman–Crippen MR) is 122 cm³/mol. The molecule has 1 fully saturated rings. The molecule has 0 radical (unpaired) electrons. The van der Waals surface area contributed by atoms with E-state index in [1.165, 1.54) is 17.2 Å². The second-order valence-corrected chi connectivity index (χ2v) is 8.97. The molecular formula is C21H33N4O5P. The molecule has 9 nitrogen and oxygen atoms in total. The quantitative estimate of drug-likeness (QED) is 0.267. The third-order valence-electron chi connectivity index (χ3n) is 4.58. The van der Waals surface area contributed by atoms with Gasteiger partial charge in [0.2, 0.25) is 0 Å². The Morgan fingerprint density at radius 2 is 2.16 bits per heavy atom. The summed E-state index contributed by atoms with van der Waals surface area (Å²) < 4.78 is 29.6. The summed E-state index contributed by atoms with van der Waals surface area (Å²) >= 11 is 0. The van der Waals surface area contributed by atoms with E-state index in [1.807, 2.05) is 6.92 Å². The van der Waals surface area contributed by atoms with E-state index < -0.39 is 38.2 Å². The Bertz CT molecular complexity index is 944. The van der Waals surface area contributed by atoms with E-state index in [2.05, 4.69) is 54.2 Å². The molecule has 1 aromatic rings. The molecule has 2 rings (SSSR count). The van der Waals surface area contributed by atoms with Crippen molar-refractivity contribution in [3.05, 3.63) is 32.6 Å². The van der Waals surface area contributed by atoms with E-state index >= 15 is 0 Å². The molecule has 0 amide bonds. The highest BCUT2D eigenvalue weighted by atomic mass is 31.2. The Morgan fingerprint density at radius 3 is 2.74 bits per heavy atom. The van der Waals surface area contributed by atoms with Gasteiger partial charge in [-0.25, -0.2) is 9.46 Å². The van der Waals surface area contributed by atoms with Crippen molar-refractivity contribution >= 4 is 14.9 Å². The number of ether oxygens (including phenoxy) is 1. The maximum absolute atomic E-state index is 12.4. The average Bonchev–Trinajstić information content (AvgIpc) is 3.12. The highest BCUT2D eigenvalue weighted by Gasteiger charge is 2.39. The molecule has 0 spiro atoms. The molecular weight excluding hydrogens is 419 g/mol. The van der Waals surface area contributed by atoms with Crippen LogP contribution >= 0.6 is 8.53 Å². The fourth-order valence-corrected chi connectivity index (χ4v) is 4.90. The number of nitrogens with one attached hydrogen (secondary N) is 1. The first-order valence-electron chi connectivity index (χ1n) is 11.1. The van der Waals surface area contributed by atoms with E-state index in [-0.39, 0.29) is 24.5 Å². The van der Waals surface area contributed by atoms with Gasteiger partial charge < -0.3 is 13.8 Å². The largest absolute Gasteiger partial charge is 0.425 e. The van der Waals surface area contributed by atoms with Crippen molar-refractivity contribution < 1.29 is 15.2 Å². The topological polar surface area (TPSA) is 98.2 Å². The normalized spacial score (nSPS) is 22.7. The molecule has 172 valence electrons. The van der Waals surface area contributed by atoms with Gasteiger partial charge in [0.05, 0.1) is 12.2 Å².